The maximum Gasteiger partial charge on any atom is 0.231 e. The van der Waals surface area contributed by atoms with Gasteiger partial charge in [0.05, 0.1) is 18.4 Å². The van der Waals surface area contributed by atoms with Crippen molar-refractivity contribution in [3.05, 3.63) is 64.3 Å². The van der Waals surface area contributed by atoms with Gasteiger partial charge < -0.3 is 15.5 Å². The van der Waals surface area contributed by atoms with E-state index in [1.165, 1.54) is 23.1 Å². The predicted octanol–water partition coefficient (Wildman–Crippen LogP) is 3.65. The Hall–Kier alpha value is -3.44. The number of rotatable bonds is 10. The average Bonchev–Trinajstić information content (AvgIpc) is 3.53. The lowest BCUT2D eigenvalue weighted by molar-refractivity contribution is -0.118. The minimum Gasteiger partial charge on any atom is -0.461 e. The smallest absolute Gasteiger partial charge is 0.231 e. The molecule has 4 aromatic rings. The van der Waals surface area contributed by atoms with Crippen LogP contribution >= 0.6 is 23.1 Å². The molecular weight excluding hydrogens is 460 g/mol. The molecule has 4 rings (SSSR count). The molecule has 3 heterocycles. The normalized spacial score (nSPS) is 10.9. The first-order valence-electron chi connectivity index (χ1n) is 10.2. The van der Waals surface area contributed by atoms with E-state index < -0.39 is 5.91 Å². The molecule has 3 aromatic heterocycles. The Balaban J connectivity index is 1.38. The van der Waals surface area contributed by atoms with E-state index in [9.17, 15) is 9.59 Å². The van der Waals surface area contributed by atoms with Crippen molar-refractivity contribution < 1.29 is 14.0 Å². The highest BCUT2D eigenvalue weighted by Gasteiger charge is 2.17. The number of benzene rings is 1. The van der Waals surface area contributed by atoms with Gasteiger partial charge in [-0.25, -0.2) is 4.98 Å². The lowest BCUT2D eigenvalue weighted by Crippen LogP contribution is -2.15. The number of furan rings is 1. The summed E-state index contributed by atoms with van der Waals surface area (Å²) in [6, 6.07) is 11.2. The molecule has 0 aliphatic heterocycles. The van der Waals surface area contributed by atoms with Crippen LogP contribution in [0.15, 0.2) is 57.6 Å². The number of carbonyl (C=O) groups is 2. The van der Waals surface area contributed by atoms with Gasteiger partial charge in [-0.1, -0.05) is 29.5 Å². The molecule has 2 amide bonds. The van der Waals surface area contributed by atoms with Crippen LogP contribution in [0.4, 0.5) is 5.69 Å². The highest BCUT2D eigenvalue weighted by Crippen LogP contribution is 2.27. The van der Waals surface area contributed by atoms with E-state index in [2.05, 4.69) is 20.5 Å². The zero-order valence-corrected chi connectivity index (χ0v) is 19.5. The standard InChI is InChI=1S/C22H22N6O3S2/c1-14-4-6-15(7-5-14)24-19(30)11-20-25-16(12-32-20)13-33-22-27-26-21(17-3-2-10-31-17)28(22)9-8-18(23)29/h2-7,10,12H,8-9,11,13H2,1H3,(H2,23,29)(H,24,30). The lowest BCUT2D eigenvalue weighted by atomic mass is 10.2. The largest absolute Gasteiger partial charge is 0.461 e. The molecule has 9 nitrogen and oxygen atoms in total. The van der Waals surface area contributed by atoms with Crippen LogP contribution in [-0.2, 0) is 28.3 Å². The number of nitrogens with two attached hydrogens (primary N) is 1. The van der Waals surface area contributed by atoms with Gasteiger partial charge in [0.1, 0.15) is 5.01 Å². The van der Waals surface area contributed by atoms with Gasteiger partial charge in [0, 0.05) is 29.8 Å². The number of hydrogen-bond acceptors (Lipinski definition) is 8. The number of primary amides is 1. The molecule has 170 valence electrons. The zero-order valence-electron chi connectivity index (χ0n) is 17.9. The van der Waals surface area contributed by atoms with Gasteiger partial charge in [-0.05, 0) is 31.2 Å². The molecular formula is C22H22N6O3S2. The summed E-state index contributed by atoms with van der Waals surface area (Å²) in [5.41, 5.74) is 8.07. The summed E-state index contributed by atoms with van der Waals surface area (Å²) in [5, 5.41) is 14.6. The first-order valence-corrected chi connectivity index (χ1v) is 12.0. The maximum absolute atomic E-state index is 12.3. The van der Waals surface area contributed by atoms with Crippen LogP contribution < -0.4 is 11.1 Å². The van der Waals surface area contributed by atoms with Crippen molar-refractivity contribution in [3.8, 4) is 11.6 Å². The summed E-state index contributed by atoms with van der Waals surface area (Å²) in [7, 11) is 0. The number of aromatic nitrogens is 4. The third-order valence-corrected chi connectivity index (χ3v) is 6.53. The molecule has 0 aliphatic rings. The van der Waals surface area contributed by atoms with Crippen LogP contribution in [0, 0.1) is 6.92 Å². The molecule has 0 saturated carbocycles. The molecule has 33 heavy (non-hydrogen) atoms. The van der Waals surface area contributed by atoms with E-state index >= 15 is 0 Å². The van der Waals surface area contributed by atoms with E-state index in [0.29, 0.717) is 29.0 Å². The highest BCUT2D eigenvalue weighted by molar-refractivity contribution is 7.98. The molecule has 0 saturated heterocycles. The Morgan fingerprint density at radius 2 is 2.03 bits per heavy atom. The van der Waals surface area contributed by atoms with E-state index in [-0.39, 0.29) is 18.7 Å². The van der Waals surface area contributed by atoms with Gasteiger partial charge in [0.25, 0.3) is 0 Å². The van der Waals surface area contributed by atoms with Crippen LogP contribution in [0.2, 0.25) is 0 Å². The van der Waals surface area contributed by atoms with Crippen molar-refractivity contribution in [1.29, 1.82) is 0 Å². The minimum absolute atomic E-state index is 0.110. The number of nitrogens with zero attached hydrogens (tertiary/aromatic N) is 4. The van der Waals surface area contributed by atoms with Crippen LogP contribution in [0.25, 0.3) is 11.6 Å². The van der Waals surface area contributed by atoms with Crippen molar-refractivity contribution in [1.82, 2.24) is 19.7 Å². The first kappa shape index (κ1) is 22.7. The van der Waals surface area contributed by atoms with Crippen molar-refractivity contribution in [2.75, 3.05) is 5.32 Å². The van der Waals surface area contributed by atoms with Crippen molar-refractivity contribution in [2.24, 2.45) is 5.73 Å². The van der Waals surface area contributed by atoms with Gasteiger partial charge in [0.2, 0.25) is 11.8 Å². The van der Waals surface area contributed by atoms with Gasteiger partial charge >= 0.3 is 0 Å². The second-order valence-corrected chi connectivity index (χ2v) is 9.15. The summed E-state index contributed by atoms with van der Waals surface area (Å²) in [4.78, 5) is 28.2. The molecule has 0 unspecified atom stereocenters. The summed E-state index contributed by atoms with van der Waals surface area (Å²) in [6.07, 6.45) is 1.93. The maximum atomic E-state index is 12.3. The number of amides is 2. The molecule has 0 radical (unpaired) electrons. The quantitative estimate of drug-likeness (QED) is 0.330. The monoisotopic (exact) mass is 482 g/mol. The van der Waals surface area contributed by atoms with Crippen LogP contribution in [0.5, 0.6) is 0 Å². The lowest BCUT2D eigenvalue weighted by Gasteiger charge is -2.07. The first-order chi connectivity index (χ1) is 16.0. The van der Waals surface area contributed by atoms with Crippen molar-refractivity contribution in [2.45, 2.75) is 37.2 Å². The second-order valence-electron chi connectivity index (χ2n) is 7.26. The molecule has 0 bridgehead atoms. The molecule has 3 N–H and O–H groups in total. The van der Waals surface area contributed by atoms with Gasteiger partial charge in [-0.15, -0.1) is 21.5 Å². The molecule has 0 aliphatic carbocycles. The number of nitrogens with one attached hydrogen (secondary N) is 1. The zero-order chi connectivity index (χ0) is 23.2. The number of aryl methyl sites for hydroxylation is 1. The third-order valence-electron chi connectivity index (χ3n) is 4.64. The van der Waals surface area contributed by atoms with Gasteiger partial charge in [0.15, 0.2) is 16.7 Å². The van der Waals surface area contributed by atoms with E-state index in [1.54, 1.807) is 18.4 Å². The van der Waals surface area contributed by atoms with E-state index in [0.717, 1.165) is 22.0 Å². The Kier molecular flexibility index (Phi) is 7.20. The average molecular weight is 483 g/mol. The third kappa shape index (κ3) is 6.08. The Labute approximate surface area is 198 Å². The van der Waals surface area contributed by atoms with Crippen molar-refractivity contribution >= 4 is 40.6 Å². The minimum atomic E-state index is -0.405. The molecule has 0 atom stereocenters. The summed E-state index contributed by atoms with van der Waals surface area (Å²) in [6.45, 7) is 2.35. The summed E-state index contributed by atoms with van der Waals surface area (Å²) >= 11 is 2.89. The Bertz CT molecular complexity index is 1230. The number of hydrogen-bond donors (Lipinski definition) is 2. The SMILES string of the molecule is Cc1ccc(NC(=O)Cc2nc(CSc3nnc(-c4ccco4)n3CCC(N)=O)cs2)cc1. The van der Waals surface area contributed by atoms with Crippen LogP contribution in [0.3, 0.4) is 0 Å². The Morgan fingerprint density at radius 1 is 1.21 bits per heavy atom. The fourth-order valence-electron chi connectivity index (χ4n) is 3.02. The Morgan fingerprint density at radius 3 is 2.76 bits per heavy atom. The van der Waals surface area contributed by atoms with E-state index in [4.69, 9.17) is 10.2 Å². The predicted molar refractivity (Wildman–Crippen MR) is 127 cm³/mol. The fourth-order valence-corrected chi connectivity index (χ4v) is 4.78. The molecule has 1 aromatic carbocycles. The highest BCUT2D eigenvalue weighted by atomic mass is 32.2. The number of thiazole rings is 1. The molecule has 0 spiro atoms. The summed E-state index contributed by atoms with van der Waals surface area (Å²) < 4.78 is 7.25. The fraction of sp³-hybridized carbons (Fsp3) is 0.227. The molecule has 11 heteroatoms. The number of anilines is 1. The van der Waals surface area contributed by atoms with Gasteiger partial charge in [-0.3, -0.25) is 14.2 Å². The van der Waals surface area contributed by atoms with Crippen LogP contribution in [0.1, 0.15) is 22.7 Å². The number of carbonyl (C=O) groups excluding carboxylic acids is 2. The number of thioether (sulfide) groups is 1. The summed E-state index contributed by atoms with van der Waals surface area (Å²) in [5.74, 6) is 1.13. The topological polar surface area (TPSA) is 129 Å². The van der Waals surface area contributed by atoms with Gasteiger partial charge in [-0.2, -0.15) is 0 Å². The second kappa shape index (κ2) is 10.5. The van der Waals surface area contributed by atoms with Crippen molar-refractivity contribution in [3.63, 3.8) is 0 Å². The molecule has 0 fully saturated rings. The van der Waals surface area contributed by atoms with Crippen LogP contribution in [-0.4, -0.2) is 31.6 Å². The van der Waals surface area contributed by atoms with E-state index in [1.807, 2.05) is 41.1 Å².